The zero-order valence-corrected chi connectivity index (χ0v) is 16.0. The summed E-state index contributed by atoms with van der Waals surface area (Å²) in [6, 6.07) is 30.9. The number of rotatable bonds is 0. The highest BCUT2D eigenvalue weighted by atomic mass is 14.7. The van der Waals surface area contributed by atoms with Gasteiger partial charge in [-0.05, 0) is 50.9 Å². The highest BCUT2D eigenvalue weighted by Gasteiger charge is 2.15. The van der Waals surface area contributed by atoms with Crippen molar-refractivity contribution < 1.29 is 0 Å². The van der Waals surface area contributed by atoms with E-state index in [0.29, 0.717) is 0 Å². The summed E-state index contributed by atoms with van der Waals surface area (Å²) >= 11 is 0. The van der Waals surface area contributed by atoms with Gasteiger partial charge in [-0.25, -0.2) is 4.98 Å². The maximum Gasteiger partial charge on any atom is 0.0791 e. The number of hydrogen-bond donors (Lipinski definition) is 0. The van der Waals surface area contributed by atoms with Gasteiger partial charge in [-0.1, -0.05) is 78.9 Å². The topological polar surface area (TPSA) is 12.9 Å². The van der Waals surface area contributed by atoms with E-state index in [4.69, 9.17) is 4.98 Å². The molecule has 29 heavy (non-hydrogen) atoms. The standard InChI is InChI=1S/C28H17N/c1-16-21-13-11-17-5-2-3-8-22(17)27(21)29-28-23-14-12-19-7-4-6-18-9-10-20(15-24(16)28)26(23)25(18)19/h2-15H,1H3. The molecule has 1 nitrogen and oxygen atoms in total. The summed E-state index contributed by atoms with van der Waals surface area (Å²) in [5.74, 6) is 0. The molecule has 0 saturated carbocycles. The van der Waals surface area contributed by atoms with Crippen LogP contribution in [-0.4, -0.2) is 4.98 Å². The van der Waals surface area contributed by atoms with Crippen LogP contribution < -0.4 is 0 Å². The fourth-order valence-corrected chi connectivity index (χ4v) is 5.14. The molecular weight excluding hydrogens is 350 g/mol. The molecule has 0 aliphatic rings. The summed E-state index contributed by atoms with van der Waals surface area (Å²) < 4.78 is 0. The number of nitrogens with zero attached hydrogens (tertiary/aromatic N) is 1. The van der Waals surface area contributed by atoms with E-state index < -0.39 is 0 Å². The number of aryl methyl sites for hydroxylation is 1. The van der Waals surface area contributed by atoms with Crippen LogP contribution in [0.4, 0.5) is 0 Å². The van der Waals surface area contributed by atoms with Crippen molar-refractivity contribution in [2.24, 2.45) is 0 Å². The van der Waals surface area contributed by atoms with E-state index in [1.165, 1.54) is 59.4 Å². The molecule has 134 valence electrons. The van der Waals surface area contributed by atoms with Gasteiger partial charge < -0.3 is 0 Å². The first kappa shape index (κ1) is 15.2. The maximum absolute atomic E-state index is 5.27. The fourth-order valence-electron chi connectivity index (χ4n) is 5.14. The van der Waals surface area contributed by atoms with Gasteiger partial charge in [-0.15, -0.1) is 0 Å². The Morgan fingerprint density at radius 3 is 2.03 bits per heavy atom. The van der Waals surface area contributed by atoms with Crippen molar-refractivity contribution in [2.75, 3.05) is 0 Å². The third-order valence-electron chi connectivity index (χ3n) is 6.55. The Labute approximate surface area is 167 Å². The van der Waals surface area contributed by atoms with Crippen LogP contribution in [0.25, 0.3) is 64.9 Å². The SMILES string of the molecule is Cc1c2ccc3ccccc3c2nc2c1cc1ccc3cccc4ccc2c1c34. The first-order chi connectivity index (χ1) is 14.3. The molecule has 7 rings (SSSR count). The lowest BCUT2D eigenvalue weighted by molar-refractivity contribution is 1.49. The highest BCUT2D eigenvalue weighted by molar-refractivity contribution is 6.29. The molecule has 0 aliphatic carbocycles. The van der Waals surface area contributed by atoms with Crippen molar-refractivity contribution in [3.8, 4) is 0 Å². The van der Waals surface area contributed by atoms with E-state index in [2.05, 4.69) is 91.9 Å². The number of pyridine rings is 1. The van der Waals surface area contributed by atoms with E-state index >= 15 is 0 Å². The van der Waals surface area contributed by atoms with E-state index in [9.17, 15) is 0 Å². The monoisotopic (exact) mass is 367 g/mol. The number of hydrogen-bond acceptors (Lipinski definition) is 1. The average molecular weight is 367 g/mol. The minimum absolute atomic E-state index is 1.10. The van der Waals surface area contributed by atoms with Crippen LogP contribution in [0.1, 0.15) is 5.56 Å². The van der Waals surface area contributed by atoms with E-state index in [-0.39, 0.29) is 0 Å². The third-order valence-corrected chi connectivity index (χ3v) is 6.55. The van der Waals surface area contributed by atoms with E-state index in [1.54, 1.807) is 0 Å². The molecule has 0 spiro atoms. The molecule has 0 atom stereocenters. The Bertz CT molecular complexity index is 1740. The van der Waals surface area contributed by atoms with Crippen molar-refractivity contribution in [1.82, 2.24) is 4.98 Å². The smallest absolute Gasteiger partial charge is 0.0791 e. The predicted molar refractivity (Wildman–Crippen MR) is 125 cm³/mol. The molecule has 0 radical (unpaired) electrons. The van der Waals surface area contributed by atoms with Crippen LogP contribution in [0.2, 0.25) is 0 Å². The van der Waals surface area contributed by atoms with Gasteiger partial charge in [-0.2, -0.15) is 0 Å². The molecule has 0 N–H and O–H groups in total. The average Bonchev–Trinajstić information content (AvgIpc) is 2.77. The molecule has 0 unspecified atom stereocenters. The Morgan fingerprint density at radius 1 is 0.483 bits per heavy atom. The summed E-state index contributed by atoms with van der Waals surface area (Å²) in [5.41, 5.74) is 3.52. The molecule has 0 fully saturated rings. The Hall–Kier alpha value is -3.71. The minimum atomic E-state index is 1.10. The quantitative estimate of drug-likeness (QED) is 0.197. The zero-order valence-electron chi connectivity index (χ0n) is 16.0. The van der Waals surface area contributed by atoms with Crippen LogP contribution in [0, 0.1) is 6.92 Å². The first-order valence-corrected chi connectivity index (χ1v) is 10.1. The van der Waals surface area contributed by atoms with Crippen LogP contribution in [0.5, 0.6) is 0 Å². The maximum atomic E-state index is 5.27. The Kier molecular flexibility index (Phi) is 2.74. The normalized spacial score (nSPS) is 12.3. The highest BCUT2D eigenvalue weighted by Crippen LogP contribution is 2.40. The largest absolute Gasteiger partial charge is 0.246 e. The lowest BCUT2D eigenvalue weighted by Gasteiger charge is -2.15. The molecule has 6 aromatic carbocycles. The molecule has 0 amide bonds. The lowest BCUT2D eigenvalue weighted by Crippen LogP contribution is -1.92. The second kappa shape index (κ2) is 5.21. The van der Waals surface area contributed by atoms with Gasteiger partial charge in [0.15, 0.2) is 0 Å². The number of aromatic nitrogens is 1. The van der Waals surface area contributed by atoms with Crippen molar-refractivity contribution in [3.63, 3.8) is 0 Å². The van der Waals surface area contributed by atoms with Gasteiger partial charge >= 0.3 is 0 Å². The van der Waals surface area contributed by atoms with Crippen LogP contribution in [-0.2, 0) is 0 Å². The molecule has 1 aromatic heterocycles. The second-order valence-corrected chi connectivity index (χ2v) is 8.05. The van der Waals surface area contributed by atoms with Gasteiger partial charge in [0.25, 0.3) is 0 Å². The molecule has 0 bridgehead atoms. The summed E-state index contributed by atoms with van der Waals surface area (Å²) in [4.78, 5) is 5.27. The van der Waals surface area contributed by atoms with Gasteiger partial charge in [0.05, 0.1) is 11.0 Å². The molecule has 0 aliphatic heterocycles. The van der Waals surface area contributed by atoms with Crippen LogP contribution >= 0.6 is 0 Å². The summed E-state index contributed by atoms with van der Waals surface area (Å²) in [6.07, 6.45) is 0. The lowest BCUT2D eigenvalue weighted by atomic mass is 9.90. The Balaban J connectivity index is 1.80. The van der Waals surface area contributed by atoms with Gasteiger partial charge in [0.1, 0.15) is 0 Å². The number of fused-ring (bicyclic) bond motifs is 5. The Morgan fingerprint density at radius 2 is 1.14 bits per heavy atom. The van der Waals surface area contributed by atoms with Crippen LogP contribution in [0.3, 0.4) is 0 Å². The molecule has 7 aromatic rings. The minimum Gasteiger partial charge on any atom is -0.246 e. The fraction of sp³-hybridized carbons (Fsp3) is 0.0357. The van der Waals surface area contributed by atoms with Crippen molar-refractivity contribution in [2.45, 2.75) is 6.92 Å². The van der Waals surface area contributed by atoms with Gasteiger partial charge in [0, 0.05) is 21.5 Å². The second-order valence-electron chi connectivity index (χ2n) is 8.05. The summed E-state index contributed by atoms with van der Waals surface area (Å²) in [5, 5.41) is 12.8. The molecule has 1 heteroatoms. The van der Waals surface area contributed by atoms with Crippen molar-refractivity contribution in [1.29, 1.82) is 0 Å². The van der Waals surface area contributed by atoms with Gasteiger partial charge in [-0.3, -0.25) is 0 Å². The molecule has 0 saturated heterocycles. The van der Waals surface area contributed by atoms with Crippen molar-refractivity contribution in [3.05, 3.63) is 90.5 Å². The summed E-state index contributed by atoms with van der Waals surface area (Å²) in [7, 11) is 0. The zero-order chi connectivity index (χ0) is 19.1. The molecule has 1 heterocycles. The first-order valence-electron chi connectivity index (χ1n) is 10.1. The predicted octanol–water partition coefficient (Wildman–Crippen LogP) is 7.75. The number of benzene rings is 6. The van der Waals surface area contributed by atoms with Gasteiger partial charge in [0.2, 0.25) is 0 Å². The van der Waals surface area contributed by atoms with Crippen LogP contribution in [0.15, 0.2) is 84.9 Å². The van der Waals surface area contributed by atoms with E-state index in [1.807, 2.05) is 0 Å². The molecular formula is C28H17N. The van der Waals surface area contributed by atoms with E-state index in [0.717, 1.165) is 11.0 Å². The van der Waals surface area contributed by atoms with Crippen molar-refractivity contribution >= 4 is 64.9 Å². The third kappa shape index (κ3) is 1.87. The summed E-state index contributed by atoms with van der Waals surface area (Å²) in [6.45, 7) is 2.23.